The summed E-state index contributed by atoms with van der Waals surface area (Å²) >= 11 is 0. The molecule has 150 valence electrons. The predicted molar refractivity (Wildman–Crippen MR) is 109 cm³/mol. The molecule has 1 aliphatic carbocycles. The Labute approximate surface area is 170 Å². The minimum Gasteiger partial charge on any atom is -0.366 e. The van der Waals surface area contributed by atoms with Crippen LogP contribution < -0.4 is 4.72 Å². The molecule has 1 fully saturated rings. The largest absolute Gasteiger partial charge is 0.366 e. The number of hydrogen-bond donors (Lipinski definition) is 1. The highest BCUT2D eigenvalue weighted by Crippen LogP contribution is 2.31. The molecule has 6 nitrogen and oxygen atoms in total. The van der Waals surface area contributed by atoms with E-state index in [0.717, 1.165) is 12.8 Å². The molecule has 7 heteroatoms. The predicted octanol–water partition coefficient (Wildman–Crippen LogP) is 2.99. The van der Waals surface area contributed by atoms with E-state index < -0.39 is 15.8 Å². The fraction of sp³-hybridized carbons (Fsp3) is 0.273. The summed E-state index contributed by atoms with van der Waals surface area (Å²) in [5, 5.41) is 0. The van der Waals surface area contributed by atoms with Crippen molar-refractivity contribution in [3.63, 3.8) is 0 Å². The number of sulfonamides is 1. The molecule has 1 N–H and O–H groups in total. The second kappa shape index (κ2) is 7.48. The van der Waals surface area contributed by atoms with Crippen molar-refractivity contribution in [2.24, 2.45) is 5.92 Å². The molecule has 1 heterocycles. The molecule has 2 aromatic rings. The number of benzene rings is 2. The minimum atomic E-state index is -4.01. The fourth-order valence-electron chi connectivity index (χ4n) is 3.94. The Bertz CT molecular complexity index is 1110. The van der Waals surface area contributed by atoms with Gasteiger partial charge >= 0.3 is 0 Å². The van der Waals surface area contributed by atoms with Crippen molar-refractivity contribution in [1.82, 2.24) is 9.62 Å². The monoisotopic (exact) mass is 410 g/mol. The molecule has 0 amide bonds. The van der Waals surface area contributed by atoms with E-state index in [1.54, 1.807) is 42.5 Å². The van der Waals surface area contributed by atoms with Crippen molar-refractivity contribution >= 4 is 21.6 Å². The van der Waals surface area contributed by atoms with Crippen molar-refractivity contribution in [2.75, 3.05) is 13.1 Å². The standard InChI is InChI=1S/C22H22N2O4S/c1-15-8-7-13-24(14-15)20-19(23-29(27,28)16-9-3-2-4-10-16)21(25)17-11-5-6-12-18(17)22(20)26/h2-6,9-12,15,23H,7-8,13-14H2,1H3/t15-/m0/s1. The van der Waals surface area contributed by atoms with Crippen LogP contribution in [0, 0.1) is 5.92 Å². The highest BCUT2D eigenvalue weighted by molar-refractivity contribution is 7.89. The van der Waals surface area contributed by atoms with Crippen molar-refractivity contribution in [2.45, 2.75) is 24.7 Å². The molecule has 0 aromatic heterocycles. The van der Waals surface area contributed by atoms with Gasteiger partial charge in [-0.15, -0.1) is 0 Å². The van der Waals surface area contributed by atoms with E-state index in [1.165, 1.54) is 12.1 Å². The van der Waals surface area contributed by atoms with Gasteiger partial charge in [0.15, 0.2) is 0 Å². The van der Waals surface area contributed by atoms with Gasteiger partial charge in [-0.2, -0.15) is 0 Å². The topological polar surface area (TPSA) is 83.6 Å². The number of allylic oxidation sites excluding steroid dienone is 2. The van der Waals surface area contributed by atoms with Crippen LogP contribution in [0.25, 0.3) is 0 Å². The third-order valence-corrected chi connectivity index (χ3v) is 6.72. The molecule has 1 saturated heterocycles. The van der Waals surface area contributed by atoms with Gasteiger partial charge in [0.1, 0.15) is 11.4 Å². The number of Topliss-reactive ketones (excluding diaryl/α,β-unsaturated/α-hetero) is 2. The van der Waals surface area contributed by atoms with Gasteiger partial charge in [0.25, 0.3) is 10.0 Å². The van der Waals surface area contributed by atoms with Crippen molar-refractivity contribution in [3.8, 4) is 0 Å². The number of piperidine rings is 1. The molecule has 1 aliphatic heterocycles. The molecule has 0 saturated carbocycles. The van der Waals surface area contributed by atoms with Gasteiger partial charge in [0.05, 0.1) is 4.90 Å². The maximum absolute atomic E-state index is 13.3. The molecule has 0 spiro atoms. The van der Waals surface area contributed by atoms with E-state index in [1.807, 2.05) is 4.90 Å². The SMILES string of the molecule is C[C@H]1CCCN(C2=C(NS(=O)(=O)c3ccccc3)C(=O)c3ccccc3C2=O)C1. The first-order chi connectivity index (χ1) is 13.9. The smallest absolute Gasteiger partial charge is 0.262 e. The summed E-state index contributed by atoms with van der Waals surface area (Å²) < 4.78 is 28.3. The molecule has 2 aliphatic rings. The lowest BCUT2D eigenvalue weighted by molar-refractivity contribution is 0.0920. The lowest BCUT2D eigenvalue weighted by Gasteiger charge is -2.36. The van der Waals surface area contributed by atoms with Gasteiger partial charge in [-0.05, 0) is 30.9 Å². The molecule has 2 aromatic carbocycles. The van der Waals surface area contributed by atoms with Gasteiger partial charge in [-0.1, -0.05) is 49.4 Å². The van der Waals surface area contributed by atoms with Crippen LogP contribution in [0.3, 0.4) is 0 Å². The van der Waals surface area contributed by atoms with Gasteiger partial charge < -0.3 is 4.90 Å². The summed E-state index contributed by atoms with van der Waals surface area (Å²) in [6.07, 6.45) is 1.92. The first-order valence-electron chi connectivity index (χ1n) is 9.64. The zero-order valence-corrected chi connectivity index (χ0v) is 16.9. The summed E-state index contributed by atoms with van der Waals surface area (Å²) in [5.74, 6) is -0.448. The van der Waals surface area contributed by atoms with Crippen LogP contribution in [-0.2, 0) is 10.0 Å². The van der Waals surface area contributed by atoms with E-state index in [4.69, 9.17) is 0 Å². The molecule has 0 unspecified atom stereocenters. The molecule has 0 radical (unpaired) electrons. The number of fused-ring (bicyclic) bond motifs is 1. The van der Waals surface area contributed by atoms with Gasteiger partial charge in [-0.3, -0.25) is 14.3 Å². The average Bonchev–Trinajstić information content (AvgIpc) is 2.72. The third-order valence-electron chi connectivity index (χ3n) is 5.36. The molecular formula is C22H22N2O4S. The number of carbonyl (C=O) groups is 2. The van der Waals surface area contributed by atoms with Gasteiger partial charge in [0, 0.05) is 24.2 Å². The number of nitrogens with one attached hydrogen (secondary N) is 1. The number of rotatable bonds is 4. The highest BCUT2D eigenvalue weighted by atomic mass is 32.2. The first kappa shape index (κ1) is 19.4. The Hall–Kier alpha value is -2.93. The maximum atomic E-state index is 13.3. The van der Waals surface area contributed by atoms with Crippen LogP contribution in [0.5, 0.6) is 0 Å². The van der Waals surface area contributed by atoms with Gasteiger partial charge in [-0.25, -0.2) is 8.42 Å². The Morgan fingerprint density at radius 1 is 0.931 bits per heavy atom. The first-order valence-corrected chi connectivity index (χ1v) is 11.1. The van der Waals surface area contributed by atoms with E-state index in [9.17, 15) is 18.0 Å². The minimum absolute atomic E-state index is 0.0398. The number of nitrogens with zero attached hydrogens (tertiary/aromatic N) is 1. The third kappa shape index (κ3) is 3.58. The fourth-order valence-corrected chi connectivity index (χ4v) is 5.04. The van der Waals surface area contributed by atoms with Crippen molar-refractivity contribution in [3.05, 3.63) is 77.1 Å². The number of likely N-dealkylation sites (tertiary alicyclic amines) is 1. The zero-order valence-electron chi connectivity index (χ0n) is 16.1. The van der Waals surface area contributed by atoms with Crippen LogP contribution in [0.1, 0.15) is 40.5 Å². The summed E-state index contributed by atoms with van der Waals surface area (Å²) in [4.78, 5) is 28.5. The van der Waals surface area contributed by atoms with Crippen LogP contribution >= 0.6 is 0 Å². The number of carbonyl (C=O) groups excluding carboxylic acids is 2. The van der Waals surface area contributed by atoms with Crippen molar-refractivity contribution < 1.29 is 18.0 Å². The van der Waals surface area contributed by atoms with Gasteiger partial charge in [0.2, 0.25) is 11.6 Å². The Morgan fingerprint density at radius 3 is 2.21 bits per heavy atom. The maximum Gasteiger partial charge on any atom is 0.262 e. The molecule has 0 bridgehead atoms. The quantitative estimate of drug-likeness (QED) is 0.838. The second-order valence-electron chi connectivity index (χ2n) is 7.54. The lowest BCUT2D eigenvalue weighted by atomic mass is 9.88. The van der Waals surface area contributed by atoms with E-state index in [-0.39, 0.29) is 27.6 Å². The van der Waals surface area contributed by atoms with Crippen LogP contribution in [0.15, 0.2) is 70.9 Å². The van der Waals surface area contributed by atoms with Crippen LogP contribution in [-0.4, -0.2) is 38.0 Å². The molecule has 4 rings (SSSR count). The van der Waals surface area contributed by atoms with Crippen LogP contribution in [0.4, 0.5) is 0 Å². The average molecular weight is 410 g/mol. The molecule has 1 atom stereocenters. The Balaban J connectivity index is 1.84. The lowest BCUT2D eigenvalue weighted by Crippen LogP contribution is -2.43. The summed E-state index contributed by atoms with van der Waals surface area (Å²) in [5.41, 5.74) is 0.525. The van der Waals surface area contributed by atoms with E-state index in [0.29, 0.717) is 24.6 Å². The van der Waals surface area contributed by atoms with Crippen LogP contribution in [0.2, 0.25) is 0 Å². The highest BCUT2D eigenvalue weighted by Gasteiger charge is 2.38. The normalized spacial score (nSPS) is 19.9. The molecular weight excluding hydrogens is 388 g/mol. The molecule has 29 heavy (non-hydrogen) atoms. The zero-order chi connectivity index (χ0) is 20.6. The van der Waals surface area contributed by atoms with E-state index in [2.05, 4.69) is 11.6 Å². The Kier molecular flexibility index (Phi) is 5.00. The Morgan fingerprint density at radius 2 is 1.55 bits per heavy atom. The summed E-state index contributed by atoms with van der Waals surface area (Å²) in [6, 6.07) is 14.4. The summed E-state index contributed by atoms with van der Waals surface area (Å²) in [7, 11) is -4.01. The summed E-state index contributed by atoms with van der Waals surface area (Å²) in [6.45, 7) is 3.30. The second-order valence-corrected chi connectivity index (χ2v) is 9.22. The number of ketones is 2. The van der Waals surface area contributed by atoms with Crippen molar-refractivity contribution in [1.29, 1.82) is 0 Å². The number of hydrogen-bond acceptors (Lipinski definition) is 5. The van der Waals surface area contributed by atoms with E-state index >= 15 is 0 Å².